The number of anilines is 1. The normalized spacial score (nSPS) is 10.3. The SMILES string of the molecule is Cc1cn2cc(Br)c(F)cc2n1.Nc1cc(F)c(Br)cn1. The third-order valence-electron chi connectivity index (χ3n) is 2.45. The van der Waals surface area contributed by atoms with Crippen molar-refractivity contribution in [2.24, 2.45) is 0 Å². The molecule has 3 rings (SSSR count). The maximum absolute atomic E-state index is 13.0. The second-order valence-electron chi connectivity index (χ2n) is 4.14. The van der Waals surface area contributed by atoms with Crippen LogP contribution in [0.1, 0.15) is 5.69 Å². The predicted molar refractivity (Wildman–Crippen MR) is 83.9 cm³/mol. The second kappa shape index (κ2) is 6.48. The highest BCUT2D eigenvalue weighted by atomic mass is 79.9. The molecule has 0 aromatic carbocycles. The maximum Gasteiger partial charge on any atom is 0.142 e. The van der Waals surface area contributed by atoms with Crippen LogP contribution in [0.3, 0.4) is 0 Å². The van der Waals surface area contributed by atoms with Crippen LogP contribution in [0.4, 0.5) is 14.6 Å². The van der Waals surface area contributed by atoms with Gasteiger partial charge in [-0.1, -0.05) is 0 Å². The van der Waals surface area contributed by atoms with E-state index in [2.05, 4.69) is 41.8 Å². The fourth-order valence-electron chi connectivity index (χ4n) is 1.54. The number of nitrogen functional groups attached to an aromatic ring is 1. The Hall–Kier alpha value is -1.54. The molecule has 0 aliphatic carbocycles. The number of hydrogen-bond donors (Lipinski definition) is 1. The van der Waals surface area contributed by atoms with Crippen molar-refractivity contribution in [3.8, 4) is 0 Å². The minimum Gasteiger partial charge on any atom is -0.384 e. The second-order valence-corrected chi connectivity index (χ2v) is 5.85. The van der Waals surface area contributed by atoms with Crippen LogP contribution in [0.5, 0.6) is 0 Å². The Morgan fingerprint density at radius 3 is 2.38 bits per heavy atom. The van der Waals surface area contributed by atoms with E-state index in [0.717, 1.165) is 11.8 Å². The fourth-order valence-corrected chi connectivity index (χ4v) is 2.09. The molecule has 0 unspecified atom stereocenters. The molecule has 0 amide bonds. The van der Waals surface area contributed by atoms with Gasteiger partial charge in [-0.05, 0) is 38.8 Å². The highest BCUT2D eigenvalue weighted by Gasteiger charge is 2.03. The zero-order valence-electron chi connectivity index (χ0n) is 10.8. The van der Waals surface area contributed by atoms with Crippen LogP contribution < -0.4 is 5.73 Å². The highest BCUT2D eigenvalue weighted by Crippen LogP contribution is 2.17. The summed E-state index contributed by atoms with van der Waals surface area (Å²) < 4.78 is 27.9. The molecule has 3 aromatic rings. The summed E-state index contributed by atoms with van der Waals surface area (Å²) in [5.41, 5.74) is 6.67. The van der Waals surface area contributed by atoms with Crippen molar-refractivity contribution in [3.63, 3.8) is 0 Å². The van der Waals surface area contributed by atoms with Gasteiger partial charge in [-0.15, -0.1) is 0 Å². The lowest BCUT2D eigenvalue weighted by Crippen LogP contribution is -1.90. The van der Waals surface area contributed by atoms with Gasteiger partial charge < -0.3 is 10.1 Å². The lowest BCUT2D eigenvalue weighted by Gasteiger charge is -1.95. The van der Waals surface area contributed by atoms with E-state index in [1.807, 2.05) is 13.1 Å². The Balaban J connectivity index is 0.000000161. The first kappa shape index (κ1) is 15.8. The van der Waals surface area contributed by atoms with E-state index >= 15 is 0 Å². The Morgan fingerprint density at radius 2 is 1.76 bits per heavy atom. The summed E-state index contributed by atoms with van der Waals surface area (Å²) in [6, 6.07) is 2.56. The van der Waals surface area contributed by atoms with Gasteiger partial charge in [0.1, 0.15) is 23.1 Å². The summed E-state index contributed by atoms with van der Waals surface area (Å²) >= 11 is 6.04. The van der Waals surface area contributed by atoms with Gasteiger partial charge in [0.15, 0.2) is 0 Å². The number of fused-ring (bicyclic) bond motifs is 1. The Bertz CT molecular complexity index is 750. The smallest absolute Gasteiger partial charge is 0.142 e. The van der Waals surface area contributed by atoms with Crippen LogP contribution >= 0.6 is 31.9 Å². The molecule has 0 aliphatic rings. The molecule has 2 N–H and O–H groups in total. The number of imidazole rings is 1. The molecule has 0 spiro atoms. The van der Waals surface area contributed by atoms with Crippen LogP contribution in [-0.4, -0.2) is 14.4 Å². The number of aromatic nitrogens is 3. The minimum absolute atomic E-state index is 0.190. The van der Waals surface area contributed by atoms with Crippen molar-refractivity contribution in [1.82, 2.24) is 14.4 Å². The van der Waals surface area contributed by atoms with Gasteiger partial charge in [0.25, 0.3) is 0 Å². The molecular weight excluding hydrogens is 410 g/mol. The van der Waals surface area contributed by atoms with Gasteiger partial charge in [0.2, 0.25) is 0 Å². The summed E-state index contributed by atoms with van der Waals surface area (Å²) in [6.45, 7) is 1.87. The maximum atomic E-state index is 13.0. The zero-order chi connectivity index (χ0) is 15.6. The van der Waals surface area contributed by atoms with E-state index in [9.17, 15) is 8.78 Å². The van der Waals surface area contributed by atoms with Crippen molar-refractivity contribution >= 4 is 43.3 Å². The Morgan fingerprint density at radius 1 is 1.10 bits per heavy atom. The zero-order valence-corrected chi connectivity index (χ0v) is 14.0. The quantitative estimate of drug-likeness (QED) is 0.596. The van der Waals surface area contributed by atoms with E-state index in [-0.39, 0.29) is 17.5 Å². The molecule has 8 heteroatoms. The number of halogens is 4. The number of nitrogens with two attached hydrogens (primary N) is 1. The number of nitrogens with zero attached hydrogens (tertiary/aromatic N) is 3. The number of pyridine rings is 2. The van der Waals surface area contributed by atoms with E-state index in [1.54, 1.807) is 10.6 Å². The molecule has 3 aromatic heterocycles. The molecule has 0 saturated carbocycles. The molecule has 0 aliphatic heterocycles. The molecule has 21 heavy (non-hydrogen) atoms. The highest BCUT2D eigenvalue weighted by molar-refractivity contribution is 9.10. The first-order valence-electron chi connectivity index (χ1n) is 5.73. The van der Waals surface area contributed by atoms with Crippen molar-refractivity contribution in [3.05, 3.63) is 57.0 Å². The molecule has 0 radical (unpaired) electrons. The predicted octanol–water partition coefficient (Wildman–Crippen LogP) is 4.11. The van der Waals surface area contributed by atoms with E-state index < -0.39 is 0 Å². The molecule has 0 fully saturated rings. The van der Waals surface area contributed by atoms with Crippen molar-refractivity contribution in [2.75, 3.05) is 5.73 Å². The fraction of sp³-hybridized carbons (Fsp3) is 0.0769. The lowest BCUT2D eigenvalue weighted by atomic mass is 10.4. The monoisotopic (exact) mass is 418 g/mol. The van der Waals surface area contributed by atoms with Crippen LogP contribution in [-0.2, 0) is 0 Å². The van der Waals surface area contributed by atoms with Gasteiger partial charge in [-0.25, -0.2) is 18.7 Å². The molecule has 3 heterocycles. The summed E-state index contributed by atoms with van der Waals surface area (Å²) in [6.07, 6.45) is 4.83. The van der Waals surface area contributed by atoms with Crippen molar-refractivity contribution in [2.45, 2.75) is 6.92 Å². The lowest BCUT2D eigenvalue weighted by molar-refractivity contribution is 0.619. The molecule has 0 bridgehead atoms. The standard InChI is InChI=1S/C8H6BrFN2.C5H4BrFN2/c1-5-3-12-4-6(9)7(10)2-8(12)11-5;6-3-2-9-5(8)1-4(3)7/h2-4H,1H3;1-2H,(H2,8,9). The van der Waals surface area contributed by atoms with Gasteiger partial charge in [-0.2, -0.15) is 0 Å². The molecule has 110 valence electrons. The third kappa shape index (κ3) is 3.98. The van der Waals surface area contributed by atoms with Crippen LogP contribution in [0.25, 0.3) is 5.65 Å². The molecule has 0 atom stereocenters. The summed E-state index contributed by atoms with van der Waals surface area (Å²) in [7, 11) is 0. The largest absolute Gasteiger partial charge is 0.384 e. The van der Waals surface area contributed by atoms with E-state index in [0.29, 0.717) is 14.6 Å². The van der Waals surface area contributed by atoms with E-state index in [4.69, 9.17) is 5.73 Å². The average Bonchev–Trinajstić information content (AvgIpc) is 2.75. The van der Waals surface area contributed by atoms with Gasteiger partial charge >= 0.3 is 0 Å². The summed E-state index contributed by atoms with van der Waals surface area (Å²) in [5.74, 6) is -0.480. The van der Waals surface area contributed by atoms with Gasteiger partial charge in [0.05, 0.1) is 14.6 Å². The topological polar surface area (TPSA) is 56.2 Å². The molecule has 0 saturated heterocycles. The first-order chi connectivity index (χ1) is 9.86. The van der Waals surface area contributed by atoms with Crippen molar-refractivity contribution in [1.29, 1.82) is 0 Å². The van der Waals surface area contributed by atoms with Crippen molar-refractivity contribution < 1.29 is 8.78 Å². The minimum atomic E-state index is -0.387. The van der Waals surface area contributed by atoms with Crippen LogP contribution in [0.15, 0.2) is 39.7 Å². The van der Waals surface area contributed by atoms with Gasteiger partial charge in [0, 0.05) is 30.7 Å². The summed E-state index contributed by atoms with van der Waals surface area (Å²) in [5, 5.41) is 0. The summed E-state index contributed by atoms with van der Waals surface area (Å²) in [4.78, 5) is 7.75. The average molecular weight is 420 g/mol. The number of hydrogen-bond acceptors (Lipinski definition) is 3. The number of aryl methyl sites for hydroxylation is 1. The number of rotatable bonds is 0. The van der Waals surface area contributed by atoms with Crippen LogP contribution in [0.2, 0.25) is 0 Å². The molecule has 4 nitrogen and oxygen atoms in total. The van der Waals surface area contributed by atoms with Gasteiger partial charge in [-0.3, -0.25) is 0 Å². The Kier molecular flexibility index (Phi) is 4.89. The first-order valence-corrected chi connectivity index (χ1v) is 7.32. The molecular formula is C13H10Br2F2N4. The Labute approximate surface area is 136 Å². The van der Waals surface area contributed by atoms with E-state index in [1.165, 1.54) is 12.3 Å². The van der Waals surface area contributed by atoms with Crippen LogP contribution in [0, 0.1) is 18.6 Å². The third-order valence-corrected chi connectivity index (χ3v) is 3.61.